The lowest BCUT2D eigenvalue weighted by Crippen LogP contribution is -2.47. The van der Waals surface area contributed by atoms with Crippen LogP contribution in [0.1, 0.15) is 18.4 Å². The van der Waals surface area contributed by atoms with Crippen LogP contribution >= 0.6 is 0 Å². The summed E-state index contributed by atoms with van der Waals surface area (Å²) < 4.78 is 29.6. The Hall–Kier alpha value is -1.99. The first-order valence-corrected chi connectivity index (χ1v) is 8.75. The van der Waals surface area contributed by atoms with Crippen LogP contribution in [0.4, 0.5) is 0 Å². The van der Waals surface area contributed by atoms with Gasteiger partial charge in [-0.2, -0.15) is 13.7 Å². The maximum atomic E-state index is 11.4. The van der Waals surface area contributed by atoms with Crippen molar-refractivity contribution in [2.75, 3.05) is 13.2 Å². The predicted octanol–water partition coefficient (Wildman–Crippen LogP) is 0.0623. The van der Waals surface area contributed by atoms with Crippen LogP contribution in [0, 0.1) is 18.3 Å². The molecule has 0 unspecified atom stereocenters. The van der Waals surface area contributed by atoms with E-state index in [0.717, 1.165) is 12.0 Å². The Morgan fingerprint density at radius 1 is 1.46 bits per heavy atom. The topological polar surface area (TPSA) is 145 Å². The molecule has 1 aromatic rings. The van der Waals surface area contributed by atoms with Crippen LogP contribution in [0.5, 0.6) is 0 Å². The molecule has 1 aromatic carbocycles. The lowest BCUT2D eigenvalue weighted by Gasteiger charge is -2.22. The van der Waals surface area contributed by atoms with Crippen LogP contribution in [0.3, 0.4) is 0 Å². The Morgan fingerprint density at radius 2 is 2.04 bits per heavy atom. The number of benzene rings is 1. The van der Waals surface area contributed by atoms with Gasteiger partial charge >= 0.3 is 0 Å². The molecule has 1 fully saturated rings. The highest BCUT2D eigenvalue weighted by Gasteiger charge is 2.31. The molecule has 0 spiro atoms. The lowest BCUT2D eigenvalue weighted by atomic mass is 10.2. The summed E-state index contributed by atoms with van der Waals surface area (Å²) in [6.45, 7) is 2.05. The predicted molar refractivity (Wildman–Crippen MR) is 86.4 cm³/mol. The van der Waals surface area contributed by atoms with Gasteiger partial charge in [-0.15, -0.1) is 0 Å². The number of nitriles is 1. The Bertz CT molecular complexity index is 697. The van der Waals surface area contributed by atoms with Gasteiger partial charge in [0.05, 0.1) is 17.6 Å². The van der Waals surface area contributed by atoms with E-state index in [1.807, 2.05) is 13.0 Å². The molecule has 2 rings (SSSR count). The third-order valence-electron chi connectivity index (χ3n) is 3.52. The summed E-state index contributed by atoms with van der Waals surface area (Å²) in [5.74, 6) is -0.327. The SMILES string of the molecule is Cc1ccc(S(=O)(=O)O)cc1.N#C[C@@H]1CCCN1C(=O)[C@H](N)CO. The fraction of sp³-hybridized carbons (Fsp3) is 0.467. The van der Waals surface area contributed by atoms with Gasteiger partial charge in [0.25, 0.3) is 10.1 Å². The highest BCUT2D eigenvalue weighted by atomic mass is 32.2. The summed E-state index contributed by atoms with van der Waals surface area (Å²) in [6, 6.07) is 6.79. The number of hydrogen-bond donors (Lipinski definition) is 3. The zero-order valence-electron chi connectivity index (χ0n) is 13.3. The van der Waals surface area contributed by atoms with Crippen molar-refractivity contribution in [1.82, 2.24) is 4.90 Å². The van der Waals surface area contributed by atoms with E-state index in [-0.39, 0.29) is 23.5 Å². The second-order valence-electron chi connectivity index (χ2n) is 5.40. The molecule has 0 radical (unpaired) electrons. The number of rotatable bonds is 3. The number of aryl methyl sites for hydroxylation is 1. The molecule has 4 N–H and O–H groups in total. The number of amides is 1. The molecule has 1 saturated heterocycles. The van der Waals surface area contributed by atoms with Gasteiger partial charge in [0.2, 0.25) is 5.91 Å². The van der Waals surface area contributed by atoms with E-state index in [9.17, 15) is 13.2 Å². The molecule has 1 amide bonds. The van der Waals surface area contributed by atoms with E-state index in [0.29, 0.717) is 13.0 Å². The van der Waals surface area contributed by atoms with Crippen LogP contribution in [-0.4, -0.2) is 54.1 Å². The van der Waals surface area contributed by atoms with Crippen molar-refractivity contribution in [2.24, 2.45) is 5.73 Å². The molecular formula is C15H21N3O5S. The number of carbonyl (C=O) groups is 1. The van der Waals surface area contributed by atoms with Gasteiger partial charge in [-0.05, 0) is 31.9 Å². The summed E-state index contributed by atoms with van der Waals surface area (Å²) in [5.41, 5.74) is 6.32. The minimum Gasteiger partial charge on any atom is -0.394 e. The highest BCUT2D eigenvalue weighted by molar-refractivity contribution is 7.85. The second-order valence-corrected chi connectivity index (χ2v) is 6.82. The number of hydrogen-bond acceptors (Lipinski definition) is 6. The summed E-state index contributed by atoms with van der Waals surface area (Å²) >= 11 is 0. The monoisotopic (exact) mass is 355 g/mol. The maximum Gasteiger partial charge on any atom is 0.294 e. The minimum atomic E-state index is -4.02. The molecule has 1 heterocycles. The molecule has 9 heteroatoms. The van der Waals surface area contributed by atoms with Gasteiger partial charge in [-0.25, -0.2) is 0 Å². The smallest absolute Gasteiger partial charge is 0.294 e. The average Bonchev–Trinajstić information content (AvgIpc) is 3.02. The van der Waals surface area contributed by atoms with Crippen LogP contribution in [0.2, 0.25) is 0 Å². The first kappa shape index (κ1) is 20.1. The van der Waals surface area contributed by atoms with Crippen LogP contribution in [-0.2, 0) is 14.9 Å². The Kier molecular flexibility index (Phi) is 7.31. The number of nitrogens with two attached hydrogens (primary N) is 1. The molecule has 0 aliphatic carbocycles. The largest absolute Gasteiger partial charge is 0.394 e. The van der Waals surface area contributed by atoms with Gasteiger partial charge in [0.15, 0.2) is 0 Å². The number of likely N-dealkylation sites (tertiary alicyclic amines) is 1. The Balaban J connectivity index is 0.000000243. The third kappa shape index (κ3) is 5.58. The number of aliphatic hydroxyl groups excluding tert-OH is 1. The highest BCUT2D eigenvalue weighted by Crippen LogP contribution is 2.16. The van der Waals surface area contributed by atoms with Crippen molar-refractivity contribution < 1.29 is 22.9 Å². The second kappa shape index (κ2) is 8.75. The number of nitrogens with zero attached hydrogens (tertiary/aromatic N) is 2. The number of aliphatic hydroxyl groups is 1. The van der Waals surface area contributed by atoms with E-state index in [1.54, 1.807) is 12.1 Å². The van der Waals surface area contributed by atoms with Crippen LogP contribution < -0.4 is 5.73 Å². The van der Waals surface area contributed by atoms with Crippen LogP contribution in [0.15, 0.2) is 29.2 Å². The molecule has 132 valence electrons. The first-order chi connectivity index (χ1) is 11.2. The molecule has 1 aliphatic heterocycles. The molecule has 2 atom stereocenters. The fourth-order valence-electron chi connectivity index (χ4n) is 2.17. The fourth-order valence-corrected chi connectivity index (χ4v) is 2.65. The first-order valence-electron chi connectivity index (χ1n) is 7.31. The van der Waals surface area contributed by atoms with Crippen molar-refractivity contribution in [3.8, 4) is 6.07 Å². The van der Waals surface area contributed by atoms with Gasteiger partial charge < -0.3 is 15.7 Å². The minimum absolute atomic E-state index is 0.0666. The average molecular weight is 355 g/mol. The molecule has 0 bridgehead atoms. The molecule has 1 aliphatic rings. The molecular weight excluding hydrogens is 334 g/mol. The van der Waals surface area contributed by atoms with Crippen molar-refractivity contribution >= 4 is 16.0 Å². The third-order valence-corrected chi connectivity index (χ3v) is 4.39. The normalized spacial score (nSPS) is 18.3. The molecule has 0 aromatic heterocycles. The van der Waals surface area contributed by atoms with Crippen LogP contribution in [0.25, 0.3) is 0 Å². The quantitative estimate of drug-likeness (QED) is 0.650. The summed E-state index contributed by atoms with van der Waals surface area (Å²) in [6.07, 6.45) is 1.54. The lowest BCUT2D eigenvalue weighted by molar-refractivity contribution is -0.133. The van der Waals surface area contributed by atoms with Gasteiger partial charge in [0.1, 0.15) is 12.1 Å². The summed E-state index contributed by atoms with van der Waals surface area (Å²) in [5, 5.41) is 17.4. The zero-order chi connectivity index (χ0) is 18.3. The van der Waals surface area contributed by atoms with Gasteiger partial charge in [0, 0.05) is 6.54 Å². The Morgan fingerprint density at radius 3 is 2.50 bits per heavy atom. The van der Waals surface area contributed by atoms with Gasteiger partial charge in [-0.1, -0.05) is 17.7 Å². The molecule has 24 heavy (non-hydrogen) atoms. The summed E-state index contributed by atoms with van der Waals surface area (Å²) in [7, 11) is -4.02. The molecule has 0 saturated carbocycles. The molecule has 8 nitrogen and oxygen atoms in total. The number of carbonyl (C=O) groups excluding carboxylic acids is 1. The van der Waals surface area contributed by atoms with Crippen molar-refractivity contribution in [1.29, 1.82) is 5.26 Å². The van der Waals surface area contributed by atoms with E-state index in [4.69, 9.17) is 20.7 Å². The van der Waals surface area contributed by atoms with Crippen molar-refractivity contribution in [3.63, 3.8) is 0 Å². The Labute approximate surface area is 141 Å². The van der Waals surface area contributed by atoms with Gasteiger partial charge in [-0.3, -0.25) is 9.35 Å². The summed E-state index contributed by atoms with van der Waals surface area (Å²) in [4.78, 5) is 12.8. The zero-order valence-corrected chi connectivity index (χ0v) is 14.1. The van der Waals surface area contributed by atoms with E-state index in [1.165, 1.54) is 17.0 Å². The van der Waals surface area contributed by atoms with Crippen molar-refractivity contribution in [3.05, 3.63) is 29.8 Å². The van der Waals surface area contributed by atoms with Crippen molar-refractivity contribution in [2.45, 2.75) is 36.7 Å². The van der Waals surface area contributed by atoms with E-state index < -0.39 is 16.2 Å². The van der Waals surface area contributed by atoms with E-state index >= 15 is 0 Å². The van der Waals surface area contributed by atoms with E-state index in [2.05, 4.69) is 0 Å². The standard InChI is InChI=1S/C8H13N3O2.C7H8O3S/c9-4-6-2-1-3-11(6)8(13)7(10)5-12;1-6-2-4-7(5-3-6)11(8,9)10/h6-7,12H,1-3,5,10H2;2-5H,1H3,(H,8,9,10)/t6-,7+;/m0./s1. The maximum absolute atomic E-state index is 11.4.